The second-order valence-corrected chi connectivity index (χ2v) is 6.28. The van der Waals surface area contributed by atoms with Gasteiger partial charge in [0.15, 0.2) is 5.82 Å². The van der Waals surface area contributed by atoms with E-state index in [1.807, 2.05) is 31.3 Å². The molecule has 0 aliphatic carbocycles. The van der Waals surface area contributed by atoms with Crippen molar-refractivity contribution in [3.8, 4) is 0 Å². The molecule has 0 N–H and O–H groups in total. The fraction of sp³-hybridized carbons (Fsp3) is 0.286. The minimum atomic E-state index is 0.772. The summed E-state index contributed by atoms with van der Waals surface area (Å²) in [6.07, 6.45) is 2.04. The van der Waals surface area contributed by atoms with E-state index in [1.165, 1.54) is 0 Å². The maximum atomic E-state index is 4.72. The number of aryl methyl sites for hydroxylation is 1. The zero-order valence-electron chi connectivity index (χ0n) is 11.4. The maximum Gasteiger partial charge on any atom is 0.152 e. The predicted molar refractivity (Wildman–Crippen MR) is 86.8 cm³/mol. The third-order valence-corrected chi connectivity index (χ3v) is 4.52. The number of anilines is 1. The highest BCUT2D eigenvalue weighted by Gasteiger charge is 2.15. The van der Waals surface area contributed by atoms with Crippen molar-refractivity contribution in [2.24, 2.45) is 0 Å². The van der Waals surface area contributed by atoms with Crippen LogP contribution in [0.25, 0.3) is 5.65 Å². The van der Waals surface area contributed by atoms with Gasteiger partial charge in [-0.25, -0.2) is 9.97 Å². The smallest absolute Gasteiger partial charge is 0.152 e. The number of halogens is 1. The predicted octanol–water partition coefficient (Wildman–Crippen LogP) is 3.63. The lowest BCUT2D eigenvalue weighted by molar-refractivity contribution is 0.868. The molecule has 3 aromatic rings. The number of imidazole rings is 1. The second-order valence-electron chi connectivity index (χ2n) is 4.66. The summed E-state index contributed by atoms with van der Waals surface area (Å²) >= 11 is 5.25. The van der Waals surface area contributed by atoms with E-state index in [2.05, 4.69) is 42.6 Å². The molecule has 0 saturated heterocycles. The number of rotatable bonds is 4. The van der Waals surface area contributed by atoms with Crippen molar-refractivity contribution >= 4 is 38.7 Å². The van der Waals surface area contributed by atoms with Crippen LogP contribution >= 0.6 is 27.3 Å². The van der Waals surface area contributed by atoms with Crippen LogP contribution in [0.15, 0.2) is 29.8 Å². The molecule has 0 bridgehead atoms. The van der Waals surface area contributed by atoms with Crippen LogP contribution in [-0.2, 0) is 11.9 Å². The number of thiazole rings is 1. The van der Waals surface area contributed by atoms with Crippen molar-refractivity contribution < 1.29 is 0 Å². The molecule has 104 valence electrons. The number of hydrogen-bond acceptors (Lipinski definition) is 4. The minimum absolute atomic E-state index is 0.772. The lowest BCUT2D eigenvalue weighted by atomic mass is 10.4. The highest BCUT2D eigenvalue weighted by Crippen LogP contribution is 2.24. The Balaban J connectivity index is 1.96. The molecule has 0 fully saturated rings. The first kappa shape index (κ1) is 13.6. The number of nitrogens with zero attached hydrogens (tertiary/aromatic N) is 4. The summed E-state index contributed by atoms with van der Waals surface area (Å²) in [6, 6.07) is 6.05. The van der Waals surface area contributed by atoms with E-state index in [4.69, 9.17) is 4.98 Å². The summed E-state index contributed by atoms with van der Waals surface area (Å²) in [6.45, 7) is 2.80. The van der Waals surface area contributed by atoms with Crippen LogP contribution in [0.2, 0.25) is 0 Å². The normalized spacial score (nSPS) is 11.2. The number of alkyl halides is 1. The first-order chi connectivity index (χ1) is 9.69. The molecule has 4 nitrogen and oxygen atoms in total. The summed E-state index contributed by atoms with van der Waals surface area (Å²) in [7, 11) is 2.06. The Kier molecular flexibility index (Phi) is 3.76. The molecule has 20 heavy (non-hydrogen) atoms. The van der Waals surface area contributed by atoms with E-state index in [9.17, 15) is 0 Å². The third kappa shape index (κ3) is 2.45. The molecule has 3 rings (SSSR count). The number of aromatic nitrogens is 3. The molecule has 0 atom stereocenters. The van der Waals surface area contributed by atoms with Crippen LogP contribution in [-0.4, -0.2) is 21.4 Å². The maximum absolute atomic E-state index is 4.72. The molecule has 0 amide bonds. The van der Waals surface area contributed by atoms with Gasteiger partial charge in [0.1, 0.15) is 5.65 Å². The van der Waals surface area contributed by atoms with Gasteiger partial charge in [0.25, 0.3) is 0 Å². The Bertz CT molecular complexity index is 734. The Morgan fingerprint density at radius 1 is 1.35 bits per heavy atom. The fourth-order valence-corrected chi connectivity index (χ4v) is 3.39. The molecule has 3 aromatic heterocycles. The van der Waals surface area contributed by atoms with Crippen LogP contribution in [0.4, 0.5) is 5.82 Å². The van der Waals surface area contributed by atoms with Gasteiger partial charge in [-0.2, -0.15) is 0 Å². The number of pyridine rings is 1. The number of hydrogen-bond donors (Lipinski definition) is 0. The van der Waals surface area contributed by atoms with Gasteiger partial charge in [0, 0.05) is 24.0 Å². The third-order valence-electron chi connectivity index (χ3n) is 3.16. The van der Waals surface area contributed by atoms with Gasteiger partial charge in [-0.05, 0) is 19.1 Å². The van der Waals surface area contributed by atoms with E-state index >= 15 is 0 Å². The van der Waals surface area contributed by atoms with E-state index in [0.717, 1.165) is 39.7 Å². The molecule has 0 aliphatic rings. The van der Waals surface area contributed by atoms with Crippen LogP contribution in [0.1, 0.15) is 16.4 Å². The lowest BCUT2D eigenvalue weighted by Gasteiger charge is -2.16. The Labute approximate surface area is 130 Å². The topological polar surface area (TPSA) is 33.4 Å². The van der Waals surface area contributed by atoms with Crippen molar-refractivity contribution in [3.63, 3.8) is 0 Å². The minimum Gasteiger partial charge on any atom is -0.352 e. The van der Waals surface area contributed by atoms with Crippen LogP contribution in [0.3, 0.4) is 0 Å². The van der Waals surface area contributed by atoms with Gasteiger partial charge in [-0.3, -0.25) is 0 Å². The van der Waals surface area contributed by atoms with Gasteiger partial charge in [0.05, 0.1) is 22.9 Å². The summed E-state index contributed by atoms with van der Waals surface area (Å²) in [4.78, 5) is 11.4. The molecule has 0 spiro atoms. The first-order valence-corrected chi connectivity index (χ1v) is 8.33. The molecule has 0 unspecified atom stereocenters. The number of fused-ring (bicyclic) bond motifs is 1. The SMILES string of the molecule is Cc1nc(CN(C)c2nc3ccccn3c2CBr)cs1. The highest BCUT2D eigenvalue weighted by molar-refractivity contribution is 9.08. The zero-order valence-corrected chi connectivity index (χ0v) is 13.8. The van der Waals surface area contributed by atoms with Gasteiger partial charge >= 0.3 is 0 Å². The average Bonchev–Trinajstić information content (AvgIpc) is 3.01. The van der Waals surface area contributed by atoms with Crippen molar-refractivity contribution in [3.05, 3.63) is 46.2 Å². The quantitative estimate of drug-likeness (QED) is 0.673. The molecular formula is C14H15BrN4S. The van der Waals surface area contributed by atoms with Crippen LogP contribution < -0.4 is 4.90 Å². The van der Waals surface area contributed by atoms with Crippen LogP contribution in [0.5, 0.6) is 0 Å². The Morgan fingerprint density at radius 3 is 2.90 bits per heavy atom. The molecule has 0 aliphatic heterocycles. The summed E-state index contributed by atoms with van der Waals surface area (Å²) in [5.41, 5.74) is 3.22. The van der Waals surface area contributed by atoms with Gasteiger partial charge in [0.2, 0.25) is 0 Å². The van der Waals surface area contributed by atoms with Crippen molar-refractivity contribution in [2.45, 2.75) is 18.8 Å². The van der Waals surface area contributed by atoms with Crippen molar-refractivity contribution in [2.75, 3.05) is 11.9 Å². The fourth-order valence-electron chi connectivity index (χ4n) is 2.26. The summed E-state index contributed by atoms with van der Waals surface area (Å²) in [5.74, 6) is 0.999. The highest BCUT2D eigenvalue weighted by atomic mass is 79.9. The molecule has 6 heteroatoms. The van der Waals surface area contributed by atoms with Crippen LogP contribution in [0, 0.1) is 6.92 Å². The molecule has 3 heterocycles. The summed E-state index contributed by atoms with van der Waals surface area (Å²) < 4.78 is 2.12. The molecule has 0 radical (unpaired) electrons. The standard InChI is InChI=1S/C14H15BrN4S/c1-10-16-11(9-20-10)8-18(2)14-12(7-15)19-6-4-3-5-13(19)17-14/h3-6,9H,7-8H2,1-2H3. The molecule has 0 saturated carbocycles. The monoisotopic (exact) mass is 350 g/mol. The van der Waals surface area contributed by atoms with Gasteiger partial charge in [-0.1, -0.05) is 22.0 Å². The van der Waals surface area contributed by atoms with E-state index in [0.29, 0.717) is 0 Å². The van der Waals surface area contributed by atoms with Crippen molar-refractivity contribution in [1.82, 2.24) is 14.4 Å². The largest absolute Gasteiger partial charge is 0.352 e. The van der Waals surface area contributed by atoms with E-state index in [1.54, 1.807) is 11.3 Å². The van der Waals surface area contributed by atoms with E-state index in [-0.39, 0.29) is 0 Å². The van der Waals surface area contributed by atoms with E-state index < -0.39 is 0 Å². The zero-order chi connectivity index (χ0) is 14.1. The van der Waals surface area contributed by atoms with Gasteiger partial charge in [-0.15, -0.1) is 11.3 Å². The second kappa shape index (κ2) is 5.54. The van der Waals surface area contributed by atoms with Crippen molar-refractivity contribution in [1.29, 1.82) is 0 Å². The summed E-state index contributed by atoms with van der Waals surface area (Å²) in [5, 5.41) is 3.98. The average molecular weight is 351 g/mol. The molecular weight excluding hydrogens is 336 g/mol. The first-order valence-electron chi connectivity index (χ1n) is 6.33. The van der Waals surface area contributed by atoms with Gasteiger partial charge < -0.3 is 9.30 Å². The lowest BCUT2D eigenvalue weighted by Crippen LogP contribution is -2.18. The Hall–Kier alpha value is -1.40. The molecule has 0 aromatic carbocycles. The Morgan fingerprint density at radius 2 is 2.20 bits per heavy atom.